The van der Waals surface area contributed by atoms with Gasteiger partial charge in [0.1, 0.15) is 6.10 Å². The summed E-state index contributed by atoms with van der Waals surface area (Å²) >= 11 is 0. The SMILES string of the molecule is CCC#CC[C@@H]1O[C@H]1CO. The maximum atomic E-state index is 8.56. The predicted octanol–water partition coefficient (Wildman–Crippen LogP) is 0.550. The van der Waals surface area contributed by atoms with Gasteiger partial charge in [-0.05, 0) is 0 Å². The number of aliphatic hydroxyl groups is 1. The molecule has 2 heteroatoms. The third-order valence-corrected chi connectivity index (χ3v) is 1.47. The van der Waals surface area contributed by atoms with Gasteiger partial charge in [0.2, 0.25) is 0 Å². The molecular weight excluding hydrogens is 128 g/mol. The van der Waals surface area contributed by atoms with E-state index in [1.807, 2.05) is 6.92 Å². The Balaban J connectivity index is 2.06. The molecule has 1 aliphatic heterocycles. The van der Waals surface area contributed by atoms with E-state index in [4.69, 9.17) is 9.84 Å². The lowest BCUT2D eigenvalue weighted by atomic mass is 10.2. The highest BCUT2D eigenvalue weighted by atomic mass is 16.6. The van der Waals surface area contributed by atoms with Gasteiger partial charge in [0.15, 0.2) is 0 Å². The molecule has 1 N–H and O–H groups in total. The van der Waals surface area contributed by atoms with Gasteiger partial charge in [0, 0.05) is 12.8 Å². The largest absolute Gasteiger partial charge is 0.394 e. The van der Waals surface area contributed by atoms with E-state index in [9.17, 15) is 0 Å². The fourth-order valence-corrected chi connectivity index (χ4v) is 0.817. The molecule has 10 heavy (non-hydrogen) atoms. The van der Waals surface area contributed by atoms with Crippen molar-refractivity contribution >= 4 is 0 Å². The summed E-state index contributed by atoms with van der Waals surface area (Å²) in [6.07, 6.45) is 1.96. The monoisotopic (exact) mass is 140 g/mol. The Morgan fingerprint density at radius 1 is 1.40 bits per heavy atom. The maximum absolute atomic E-state index is 8.56. The van der Waals surface area contributed by atoms with E-state index in [2.05, 4.69) is 11.8 Å². The quantitative estimate of drug-likeness (QED) is 0.449. The molecule has 0 unspecified atom stereocenters. The smallest absolute Gasteiger partial charge is 0.108 e. The minimum atomic E-state index is 0.0751. The van der Waals surface area contributed by atoms with Crippen LogP contribution in [0.25, 0.3) is 0 Å². The number of aliphatic hydroxyl groups excluding tert-OH is 1. The van der Waals surface area contributed by atoms with Gasteiger partial charge in [-0.2, -0.15) is 0 Å². The van der Waals surface area contributed by atoms with Crippen LogP contribution in [0.3, 0.4) is 0 Å². The van der Waals surface area contributed by atoms with Crippen LogP contribution in [0, 0.1) is 11.8 Å². The molecule has 2 nitrogen and oxygen atoms in total. The standard InChI is InChI=1S/C8H12O2/c1-2-3-4-5-7-8(6-9)10-7/h7-9H,2,5-6H2,1H3/t7-,8-/m0/s1. The van der Waals surface area contributed by atoms with Crippen LogP contribution in [-0.2, 0) is 4.74 Å². The predicted molar refractivity (Wildman–Crippen MR) is 38.4 cm³/mol. The van der Waals surface area contributed by atoms with Crippen LogP contribution in [0.1, 0.15) is 19.8 Å². The highest BCUT2D eigenvalue weighted by molar-refractivity contribution is 5.03. The number of rotatable bonds is 2. The first-order chi connectivity index (χ1) is 4.88. The fraction of sp³-hybridized carbons (Fsp3) is 0.750. The third-order valence-electron chi connectivity index (χ3n) is 1.47. The molecule has 0 spiro atoms. The van der Waals surface area contributed by atoms with Gasteiger partial charge in [0.25, 0.3) is 0 Å². The summed E-state index contributed by atoms with van der Waals surface area (Å²) in [5.74, 6) is 5.93. The summed E-state index contributed by atoms with van der Waals surface area (Å²) in [4.78, 5) is 0. The fourth-order valence-electron chi connectivity index (χ4n) is 0.817. The molecular formula is C8H12O2. The molecule has 0 saturated carbocycles. The number of hydrogen-bond donors (Lipinski definition) is 1. The average molecular weight is 140 g/mol. The Kier molecular flexibility index (Phi) is 2.73. The average Bonchev–Trinajstić information content (AvgIpc) is 2.68. The minimum absolute atomic E-state index is 0.0751. The van der Waals surface area contributed by atoms with Crippen molar-refractivity contribution in [1.82, 2.24) is 0 Å². The van der Waals surface area contributed by atoms with Gasteiger partial charge in [-0.3, -0.25) is 0 Å². The van der Waals surface area contributed by atoms with Gasteiger partial charge in [-0.1, -0.05) is 6.92 Å². The van der Waals surface area contributed by atoms with E-state index in [1.165, 1.54) is 0 Å². The Morgan fingerprint density at radius 2 is 2.20 bits per heavy atom. The minimum Gasteiger partial charge on any atom is -0.394 e. The molecule has 0 bridgehead atoms. The lowest BCUT2D eigenvalue weighted by molar-refractivity contribution is 0.242. The Morgan fingerprint density at radius 3 is 2.70 bits per heavy atom. The highest BCUT2D eigenvalue weighted by Gasteiger charge is 2.36. The number of ether oxygens (including phenoxy) is 1. The Bertz CT molecular complexity index is 154. The van der Waals surface area contributed by atoms with E-state index < -0.39 is 0 Å². The molecule has 0 aromatic carbocycles. The van der Waals surface area contributed by atoms with Crippen molar-refractivity contribution < 1.29 is 9.84 Å². The second kappa shape index (κ2) is 3.60. The molecule has 0 aromatic rings. The Hall–Kier alpha value is -0.520. The third kappa shape index (κ3) is 2.02. The van der Waals surface area contributed by atoms with Crippen molar-refractivity contribution in [2.24, 2.45) is 0 Å². The zero-order chi connectivity index (χ0) is 7.40. The molecule has 0 radical (unpaired) electrons. The van der Waals surface area contributed by atoms with Gasteiger partial charge in [-0.15, -0.1) is 11.8 Å². The van der Waals surface area contributed by atoms with Crippen molar-refractivity contribution in [2.45, 2.75) is 32.0 Å². The van der Waals surface area contributed by atoms with Crippen LogP contribution >= 0.6 is 0 Å². The zero-order valence-electron chi connectivity index (χ0n) is 6.13. The second-order valence-corrected chi connectivity index (χ2v) is 2.31. The normalized spacial score (nSPS) is 29.0. The second-order valence-electron chi connectivity index (χ2n) is 2.31. The summed E-state index contributed by atoms with van der Waals surface area (Å²) < 4.78 is 5.06. The van der Waals surface area contributed by atoms with Gasteiger partial charge in [0.05, 0.1) is 12.7 Å². The summed E-state index contributed by atoms with van der Waals surface area (Å²) in [7, 11) is 0. The molecule has 0 aromatic heterocycles. The lowest BCUT2D eigenvalue weighted by Crippen LogP contribution is -1.97. The molecule has 1 aliphatic rings. The molecule has 0 amide bonds. The van der Waals surface area contributed by atoms with Gasteiger partial charge in [-0.25, -0.2) is 0 Å². The van der Waals surface area contributed by atoms with E-state index in [0.29, 0.717) is 0 Å². The first kappa shape index (κ1) is 7.59. The van der Waals surface area contributed by atoms with Gasteiger partial charge >= 0.3 is 0 Å². The first-order valence-corrected chi connectivity index (χ1v) is 3.60. The molecule has 1 heterocycles. The number of hydrogen-bond acceptors (Lipinski definition) is 2. The zero-order valence-corrected chi connectivity index (χ0v) is 6.13. The topological polar surface area (TPSA) is 32.8 Å². The van der Waals surface area contributed by atoms with Gasteiger partial charge < -0.3 is 9.84 Å². The van der Waals surface area contributed by atoms with Crippen LogP contribution in [-0.4, -0.2) is 23.9 Å². The van der Waals surface area contributed by atoms with E-state index in [-0.39, 0.29) is 18.8 Å². The number of epoxide rings is 1. The molecule has 1 saturated heterocycles. The molecule has 1 rings (SSSR count). The highest BCUT2D eigenvalue weighted by Crippen LogP contribution is 2.23. The maximum Gasteiger partial charge on any atom is 0.108 e. The summed E-state index contributed by atoms with van der Waals surface area (Å²) in [6.45, 7) is 2.16. The van der Waals surface area contributed by atoms with E-state index in [0.717, 1.165) is 12.8 Å². The van der Waals surface area contributed by atoms with Crippen LogP contribution < -0.4 is 0 Å². The molecule has 2 atom stereocenters. The van der Waals surface area contributed by atoms with E-state index >= 15 is 0 Å². The molecule has 0 aliphatic carbocycles. The van der Waals surface area contributed by atoms with E-state index in [1.54, 1.807) is 0 Å². The first-order valence-electron chi connectivity index (χ1n) is 3.60. The summed E-state index contributed by atoms with van der Waals surface area (Å²) in [6, 6.07) is 0. The summed E-state index contributed by atoms with van der Waals surface area (Å²) in [5.41, 5.74) is 0. The van der Waals surface area contributed by atoms with Crippen molar-refractivity contribution in [1.29, 1.82) is 0 Å². The molecule has 1 fully saturated rings. The van der Waals surface area contributed by atoms with Crippen molar-refractivity contribution in [3.05, 3.63) is 0 Å². The molecule has 56 valence electrons. The van der Waals surface area contributed by atoms with Crippen LogP contribution in [0.4, 0.5) is 0 Å². The van der Waals surface area contributed by atoms with Crippen molar-refractivity contribution in [3.63, 3.8) is 0 Å². The van der Waals surface area contributed by atoms with Crippen LogP contribution in [0.5, 0.6) is 0 Å². The van der Waals surface area contributed by atoms with Crippen molar-refractivity contribution in [2.75, 3.05) is 6.61 Å². The lowest BCUT2D eigenvalue weighted by Gasteiger charge is -1.80. The van der Waals surface area contributed by atoms with Crippen LogP contribution in [0.2, 0.25) is 0 Å². The van der Waals surface area contributed by atoms with Crippen LogP contribution in [0.15, 0.2) is 0 Å². The Labute approximate surface area is 61.2 Å². The van der Waals surface area contributed by atoms with Crippen molar-refractivity contribution in [3.8, 4) is 11.8 Å². The summed E-state index contributed by atoms with van der Waals surface area (Å²) in [5, 5.41) is 8.56.